The van der Waals surface area contributed by atoms with Crippen LogP contribution in [-0.4, -0.2) is 15.7 Å². The van der Waals surface area contributed by atoms with Gasteiger partial charge < -0.3 is 5.32 Å². The summed E-state index contributed by atoms with van der Waals surface area (Å²) in [6.45, 7) is 10.6. The number of aryl methyl sites for hydroxylation is 3. The van der Waals surface area contributed by atoms with Crippen molar-refractivity contribution in [2.24, 2.45) is 10.3 Å². The summed E-state index contributed by atoms with van der Waals surface area (Å²) < 4.78 is 14.6. The number of rotatable bonds is 10. The number of pyridine rings is 2. The second-order valence-electron chi connectivity index (χ2n) is 13.7. The van der Waals surface area contributed by atoms with Crippen LogP contribution in [-0.2, 0) is 31.2 Å². The first-order valence-electron chi connectivity index (χ1n) is 17.2. The number of nitrogens with zero attached hydrogens (tertiary/aromatic N) is 4. The van der Waals surface area contributed by atoms with Crippen LogP contribution in [0, 0.1) is 17.6 Å². The van der Waals surface area contributed by atoms with E-state index in [1.165, 1.54) is 16.7 Å². The Balaban J connectivity index is 1.23. The minimum absolute atomic E-state index is 0.00345. The number of hydrazone groups is 1. The zero-order valence-corrected chi connectivity index (χ0v) is 28.5. The van der Waals surface area contributed by atoms with Gasteiger partial charge in [-0.2, -0.15) is 5.10 Å². The average Bonchev–Trinajstić information content (AvgIpc) is 3.83. The first kappa shape index (κ1) is 31.6. The Kier molecular flexibility index (Phi) is 8.18. The molecule has 4 heterocycles. The molecule has 0 radical (unpaired) electrons. The molecular weight excluding hydrogens is 632 g/mol. The maximum atomic E-state index is 14.6. The summed E-state index contributed by atoms with van der Waals surface area (Å²) in [4.78, 5) is 23.8. The van der Waals surface area contributed by atoms with Gasteiger partial charge in [0.25, 0.3) is 0 Å². The number of nitroso groups, excluding NO2 is 1. The molecule has 7 nitrogen and oxygen atoms in total. The van der Waals surface area contributed by atoms with E-state index in [0.717, 1.165) is 87.0 Å². The normalized spacial score (nSPS) is 20.2. The highest BCUT2D eigenvalue weighted by molar-refractivity contribution is 8.00. The van der Waals surface area contributed by atoms with Crippen LogP contribution in [0.15, 0.2) is 88.8 Å². The van der Waals surface area contributed by atoms with E-state index in [2.05, 4.69) is 66.3 Å². The Morgan fingerprint density at radius 3 is 2.71 bits per heavy atom. The molecule has 2 aromatic carbocycles. The molecule has 9 heteroatoms. The highest BCUT2D eigenvalue weighted by atomic mass is 32.2. The van der Waals surface area contributed by atoms with Crippen LogP contribution in [0.4, 0.5) is 10.2 Å². The predicted octanol–water partition coefficient (Wildman–Crippen LogP) is 9.20. The molecule has 4 aromatic rings. The second kappa shape index (κ2) is 12.7. The van der Waals surface area contributed by atoms with Crippen molar-refractivity contribution in [2.45, 2.75) is 86.4 Å². The van der Waals surface area contributed by atoms with Gasteiger partial charge in [0.1, 0.15) is 17.2 Å². The first-order valence-corrected chi connectivity index (χ1v) is 18.0. The first-order chi connectivity index (χ1) is 23.9. The molecule has 1 saturated carbocycles. The van der Waals surface area contributed by atoms with Gasteiger partial charge in [-0.05, 0) is 98.2 Å². The molecule has 248 valence electrons. The topological polar surface area (TPSA) is 91.6 Å². The zero-order valence-electron chi connectivity index (χ0n) is 27.7. The van der Waals surface area contributed by atoms with Crippen molar-refractivity contribution in [3.8, 4) is 0 Å². The summed E-state index contributed by atoms with van der Waals surface area (Å²) in [5, 5.41) is 12.2. The molecule has 8 rings (SSSR count). The van der Waals surface area contributed by atoms with Crippen molar-refractivity contribution in [3.63, 3.8) is 0 Å². The SMILES string of the molecule is C=Cc1c(C2(N=O)CCC2)nc(CCc2ccc(C)cc2)c(C2=NNC(=C)C2)c1C1Cc2ccnc(NC3CCc4c(F)cccc43)c2S1. The summed E-state index contributed by atoms with van der Waals surface area (Å²) in [7, 11) is 0. The van der Waals surface area contributed by atoms with Crippen LogP contribution in [0.3, 0.4) is 0 Å². The molecule has 2 aliphatic heterocycles. The molecule has 0 amide bonds. The largest absolute Gasteiger partial charge is 0.362 e. The molecule has 2 aliphatic carbocycles. The Morgan fingerprint density at radius 1 is 1.16 bits per heavy atom. The summed E-state index contributed by atoms with van der Waals surface area (Å²) >= 11 is 1.78. The van der Waals surface area contributed by atoms with E-state index in [1.54, 1.807) is 23.9 Å². The number of hydrogen-bond acceptors (Lipinski definition) is 8. The van der Waals surface area contributed by atoms with E-state index in [9.17, 15) is 9.30 Å². The number of aromatic nitrogens is 2. The molecule has 0 saturated heterocycles. The Bertz CT molecular complexity index is 2040. The van der Waals surface area contributed by atoms with Gasteiger partial charge in [0.05, 0.1) is 28.0 Å². The van der Waals surface area contributed by atoms with E-state index in [4.69, 9.17) is 15.1 Å². The molecule has 2 unspecified atom stereocenters. The Morgan fingerprint density at radius 2 is 2.00 bits per heavy atom. The summed E-state index contributed by atoms with van der Waals surface area (Å²) in [5.41, 5.74) is 14.1. The Hall–Kier alpha value is -4.63. The van der Waals surface area contributed by atoms with E-state index < -0.39 is 5.54 Å². The van der Waals surface area contributed by atoms with Crippen molar-refractivity contribution in [3.05, 3.63) is 140 Å². The zero-order chi connectivity index (χ0) is 33.7. The number of allylic oxidation sites excluding steroid dienone is 1. The monoisotopic (exact) mass is 670 g/mol. The van der Waals surface area contributed by atoms with Crippen LogP contribution in [0.1, 0.15) is 99.3 Å². The Labute approximate surface area is 290 Å². The van der Waals surface area contributed by atoms with Crippen molar-refractivity contribution in [1.29, 1.82) is 0 Å². The lowest BCUT2D eigenvalue weighted by atomic mass is 9.72. The van der Waals surface area contributed by atoms with E-state index >= 15 is 0 Å². The lowest BCUT2D eigenvalue weighted by Gasteiger charge is -2.37. The van der Waals surface area contributed by atoms with E-state index in [0.29, 0.717) is 32.1 Å². The summed E-state index contributed by atoms with van der Waals surface area (Å²) in [6.07, 6.45) is 10.4. The quantitative estimate of drug-likeness (QED) is 0.164. The smallest absolute Gasteiger partial charge is 0.145 e. The molecule has 1 fully saturated rings. The van der Waals surface area contributed by atoms with Crippen molar-refractivity contribution in [2.75, 3.05) is 5.32 Å². The molecule has 4 aliphatic rings. The standard InChI is InChI=1S/C40H39FN6OS/c1-4-27-35(34-22-26-17-20-42-39(37(26)49-34)44-31-16-14-28-29(31)7-5-8-30(28)41)36(33-21-24(3)45-46-33)32(15-13-25-11-9-23(2)10-12-25)43-38(27)40(47-48)18-6-19-40/h4-5,7-12,17,20,31,34,45H,1,3,6,13-16,18-19,21-22H2,2H3,(H,42,44). The number of thioether (sulfide) groups is 1. The van der Waals surface area contributed by atoms with Crippen molar-refractivity contribution < 1.29 is 4.39 Å². The number of fused-ring (bicyclic) bond motifs is 2. The van der Waals surface area contributed by atoms with Gasteiger partial charge in [-0.15, -0.1) is 16.7 Å². The van der Waals surface area contributed by atoms with Crippen LogP contribution in [0.25, 0.3) is 6.08 Å². The van der Waals surface area contributed by atoms with Crippen molar-refractivity contribution >= 4 is 29.4 Å². The lowest BCUT2D eigenvalue weighted by Crippen LogP contribution is -2.35. The number of halogens is 1. The second-order valence-corrected chi connectivity index (χ2v) is 14.9. The van der Waals surface area contributed by atoms with Gasteiger partial charge >= 0.3 is 0 Å². The number of benzene rings is 2. The lowest BCUT2D eigenvalue weighted by molar-refractivity contribution is 0.245. The third-order valence-corrected chi connectivity index (χ3v) is 12.0. The minimum Gasteiger partial charge on any atom is -0.362 e. The number of nitrogens with one attached hydrogen (secondary N) is 2. The number of hydrogen-bond donors (Lipinski definition) is 2. The molecule has 49 heavy (non-hydrogen) atoms. The third kappa shape index (κ3) is 5.58. The van der Waals surface area contributed by atoms with Gasteiger partial charge in [0.2, 0.25) is 0 Å². The van der Waals surface area contributed by atoms with Crippen LogP contribution < -0.4 is 10.7 Å². The van der Waals surface area contributed by atoms with Crippen LogP contribution in [0.2, 0.25) is 0 Å². The van der Waals surface area contributed by atoms with Gasteiger partial charge in [0, 0.05) is 34.7 Å². The van der Waals surface area contributed by atoms with Gasteiger partial charge in [-0.3, -0.25) is 10.4 Å². The van der Waals surface area contributed by atoms with Gasteiger partial charge in [0.15, 0.2) is 0 Å². The summed E-state index contributed by atoms with van der Waals surface area (Å²) in [6, 6.07) is 16.1. The average molecular weight is 671 g/mol. The number of anilines is 1. The molecule has 0 spiro atoms. The van der Waals surface area contributed by atoms with Gasteiger partial charge in [-0.1, -0.05) is 66.4 Å². The van der Waals surface area contributed by atoms with E-state index in [-0.39, 0.29) is 17.1 Å². The molecule has 0 bridgehead atoms. The maximum Gasteiger partial charge on any atom is 0.145 e. The van der Waals surface area contributed by atoms with Crippen molar-refractivity contribution in [1.82, 2.24) is 15.4 Å². The van der Waals surface area contributed by atoms with Crippen LogP contribution in [0.5, 0.6) is 0 Å². The fourth-order valence-corrected chi connectivity index (χ4v) is 9.33. The minimum atomic E-state index is -0.857. The molecule has 2 atom stereocenters. The molecule has 2 aromatic heterocycles. The molecule has 2 N–H and O–H groups in total. The van der Waals surface area contributed by atoms with E-state index in [1.807, 2.05) is 18.3 Å². The van der Waals surface area contributed by atoms with Gasteiger partial charge in [-0.25, -0.2) is 9.37 Å². The summed E-state index contributed by atoms with van der Waals surface area (Å²) in [5.74, 6) is 0.681. The predicted molar refractivity (Wildman–Crippen MR) is 195 cm³/mol. The third-order valence-electron chi connectivity index (χ3n) is 10.6. The highest BCUT2D eigenvalue weighted by Crippen LogP contribution is 2.54. The molecular formula is C40H39FN6OS. The van der Waals surface area contributed by atoms with Crippen LogP contribution >= 0.6 is 11.8 Å². The fraction of sp³-hybridized carbons (Fsp3) is 0.325. The highest BCUT2D eigenvalue weighted by Gasteiger charge is 2.46. The maximum absolute atomic E-state index is 14.6. The fourth-order valence-electron chi connectivity index (χ4n) is 7.89.